The number of hydrogen-bond acceptors (Lipinski definition) is 5. The predicted molar refractivity (Wildman–Crippen MR) is 73.8 cm³/mol. The van der Waals surface area contributed by atoms with E-state index in [-0.39, 0.29) is 5.56 Å². The number of carbonyl (C=O) groups excluding carboxylic acids is 3. The van der Waals surface area contributed by atoms with E-state index in [1.807, 2.05) is 5.32 Å². The average Bonchev–Trinajstić information content (AvgIpc) is 2.34. The van der Waals surface area contributed by atoms with Crippen LogP contribution in [0.15, 0.2) is 23.1 Å². The molecule has 0 spiro atoms. The molecule has 21 heavy (non-hydrogen) atoms. The van der Waals surface area contributed by atoms with Crippen molar-refractivity contribution in [2.24, 2.45) is 0 Å². The van der Waals surface area contributed by atoms with Crippen molar-refractivity contribution in [3.8, 4) is 0 Å². The van der Waals surface area contributed by atoms with E-state index in [4.69, 9.17) is 0 Å². The second kappa shape index (κ2) is 6.69. The normalized spacial score (nSPS) is 10.6. The zero-order valence-corrected chi connectivity index (χ0v) is 12.0. The third kappa shape index (κ3) is 5.89. The van der Waals surface area contributed by atoms with Gasteiger partial charge in [0.2, 0.25) is 0 Å². The van der Waals surface area contributed by atoms with E-state index in [0.29, 0.717) is 0 Å². The van der Waals surface area contributed by atoms with E-state index in [9.17, 15) is 19.2 Å². The summed E-state index contributed by atoms with van der Waals surface area (Å²) in [5.41, 5.74) is -1.34. The zero-order valence-electron chi connectivity index (χ0n) is 12.0. The smallest absolute Gasteiger partial charge is 0.344 e. The van der Waals surface area contributed by atoms with Crippen LogP contribution >= 0.6 is 0 Å². The number of amides is 3. The molecule has 1 heterocycles. The van der Waals surface area contributed by atoms with Gasteiger partial charge in [0.1, 0.15) is 5.56 Å². The third-order valence-corrected chi connectivity index (χ3v) is 2.11. The van der Waals surface area contributed by atoms with Gasteiger partial charge >= 0.3 is 12.0 Å². The van der Waals surface area contributed by atoms with Crippen molar-refractivity contribution in [1.82, 2.24) is 15.6 Å². The molecule has 1 aromatic heterocycles. The Labute approximate surface area is 120 Å². The van der Waals surface area contributed by atoms with Crippen LogP contribution in [0.5, 0.6) is 0 Å². The van der Waals surface area contributed by atoms with Gasteiger partial charge in [-0.2, -0.15) is 0 Å². The van der Waals surface area contributed by atoms with Crippen molar-refractivity contribution in [3.05, 3.63) is 34.2 Å². The maximum absolute atomic E-state index is 11.6. The van der Waals surface area contributed by atoms with Gasteiger partial charge in [0.15, 0.2) is 6.61 Å². The zero-order chi connectivity index (χ0) is 16.0. The van der Waals surface area contributed by atoms with Crippen LogP contribution in [0, 0.1) is 0 Å². The highest BCUT2D eigenvalue weighted by molar-refractivity contribution is 5.97. The molecule has 0 aliphatic carbocycles. The SMILES string of the molecule is CC(C)(C)NC(=O)NC(=O)COC(=O)c1ccc[nH]c1=O. The summed E-state index contributed by atoms with van der Waals surface area (Å²) in [7, 11) is 0. The van der Waals surface area contributed by atoms with E-state index >= 15 is 0 Å². The number of nitrogens with one attached hydrogen (secondary N) is 3. The van der Waals surface area contributed by atoms with E-state index < -0.39 is 35.6 Å². The number of aromatic nitrogens is 1. The third-order valence-electron chi connectivity index (χ3n) is 2.11. The van der Waals surface area contributed by atoms with Gasteiger partial charge in [0, 0.05) is 11.7 Å². The summed E-state index contributed by atoms with van der Waals surface area (Å²) in [5.74, 6) is -1.74. The topological polar surface area (TPSA) is 117 Å². The number of esters is 1. The fourth-order valence-corrected chi connectivity index (χ4v) is 1.33. The highest BCUT2D eigenvalue weighted by atomic mass is 16.5. The molecule has 0 unspecified atom stereocenters. The monoisotopic (exact) mass is 295 g/mol. The van der Waals surface area contributed by atoms with Gasteiger partial charge in [-0.3, -0.25) is 14.9 Å². The Morgan fingerprint density at radius 3 is 2.52 bits per heavy atom. The molecule has 0 saturated heterocycles. The summed E-state index contributed by atoms with van der Waals surface area (Å²) in [4.78, 5) is 48.0. The standard InChI is InChI=1S/C13H17N3O5/c1-13(2,3)16-12(20)15-9(17)7-21-11(19)8-5-4-6-14-10(8)18/h4-6H,7H2,1-3H3,(H,14,18)(H2,15,16,17,20). The number of urea groups is 1. The molecule has 0 aromatic carbocycles. The van der Waals surface area contributed by atoms with Crippen LogP contribution in [0.4, 0.5) is 4.79 Å². The van der Waals surface area contributed by atoms with Crippen molar-refractivity contribution in [3.63, 3.8) is 0 Å². The maximum Gasteiger partial charge on any atom is 0.344 e. The highest BCUT2D eigenvalue weighted by Crippen LogP contribution is 1.97. The highest BCUT2D eigenvalue weighted by Gasteiger charge is 2.17. The fraction of sp³-hybridized carbons (Fsp3) is 0.385. The molecule has 0 aliphatic heterocycles. The summed E-state index contributed by atoms with van der Waals surface area (Å²) in [6, 6.07) is 2.03. The van der Waals surface area contributed by atoms with Crippen LogP contribution in [0.25, 0.3) is 0 Å². The fourth-order valence-electron chi connectivity index (χ4n) is 1.33. The summed E-state index contributed by atoms with van der Waals surface area (Å²) in [6.07, 6.45) is 1.36. The first kappa shape index (κ1) is 16.4. The number of H-pyrrole nitrogens is 1. The number of ether oxygens (including phenoxy) is 1. The molecule has 1 aromatic rings. The number of imide groups is 1. The van der Waals surface area contributed by atoms with Crippen LogP contribution in [0.2, 0.25) is 0 Å². The van der Waals surface area contributed by atoms with Gasteiger partial charge < -0.3 is 15.0 Å². The van der Waals surface area contributed by atoms with Gasteiger partial charge in [-0.25, -0.2) is 9.59 Å². The molecule has 3 N–H and O–H groups in total. The van der Waals surface area contributed by atoms with Crippen molar-refractivity contribution in [2.45, 2.75) is 26.3 Å². The minimum Gasteiger partial charge on any atom is -0.452 e. The molecular formula is C13H17N3O5. The number of rotatable bonds is 3. The lowest BCUT2D eigenvalue weighted by Crippen LogP contribution is -2.49. The summed E-state index contributed by atoms with van der Waals surface area (Å²) >= 11 is 0. The van der Waals surface area contributed by atoms with Crippen molar-refractivity contribution >= 4 is 17.9 Å². The minimum atomic E-state index is -0.941. The van der Waals surface area contributed by atoms with E-state index in [1.165, 1.54) is 18.3 Å². The van der Waals surface area contributed by atoms with Gasteiger partial charge in [-0.05, 0) is 32.9 Å². The van der Waals surface area contributed by atoms with E-state index in [1.54, 1.807) is 20.8 Å². The van der Waals surface area contributed by atoms with E-state index in [2.05, 4.69) is 15.0 Å². The predicted octanol–water partition coefficient (Wildman–Crippen LogP) is 0.156. The second-order valence-corrected chi connectivity index (χ2v) is 5.24. The summed E-state index contributed by atoms with van der Waals surface area (Å²) in [6.45, 7) is 4.58. The average molecular weight is 295 g/mol. The second-order valence-electron chi connectivity index (χ2n) is 5.24. The van der Waals surface area contributed by atoms with Gasteiger partial charge in [-0.15, -0.1) is 0 Å². The Bertz CT molecular complexity index is 600. The molecule has 114 valence electrons. The van der Waals surface area contributed by atoms with Gasteiger partial charge in [0.25, 0.3) is 11.5 Å². The lowest BCUT2D eigenvalue weighted by Gasteiger charge is -2.20. The summed E-state index contributed by atoms with van der Waals surface area (Å²) in [5, 5.41) is 4.52. The van der Waals surface area contributed by atoms with Gasteiger partial charge in [-0.1, -0.05) is 0 Å². The molecule has 0 atom stereocenters. The lowest BCUT2D eigenvalue weighted by atomic mass is 10.1. The Hall–Kier alpha value is -2.64. The maximum atomic E-state index is 11.6. The van der Waals surface area contributed by atoms with Crippen LogP contribution in [-0.4, -0.2) is 35.0 Å². The Morgan fingerprint density at radius 2 is 1.95 bits per heavy atom. The van der Waals surface area contributed by atoms with Crippen molar-refractivity contribution < 1.29 is 19.1 Å². The molecule has 0 bridgehead atoms. The first-order chi connectivity index (χ1) is 9.69. The molecule has 0 radical (unpaired) electrons. The molecule has 0 aliphatic rings. The largest absolute Gasteiger partial charge is 0.452 e. The molecule has 0 saturated carbocycles. The first-order valence-electron chi connectivity index (χ1n) is 6.16. The van der Waals surface area contributed by atoms with Crippen LogP contribution in [-0.2, 0) is 9.53 Å². The molecule has 8 heteroatoms. The lowest BCUT2D eigenvalue weighted by molar-refractivity contribution is -0.123. The van der Waals surface area contributed by atoms with Crippen LogP contribution in [0.1, 0.15) is 31.1 Å². The molecule has 0 fully saturated rings. The first-order valence-corrected chi connectivity index (χ1v) is 6.16. The van der Waals surface area contributed by atoms with Crippen LogP contribution < -0.4 is 16.2 Å². The number of pyridine rings is 1. The van der Waals surface area contributed by atoms with Crippen molar-refractivity contribution in [2.75, 3.05) is 6.61 Å². The molecular weight excluding hydrogens is 278 g/mol. The Kier molecular flexibility index (Phi) is 5.23. The number of carbonyl (C=O) groups is 3. The molecule has 8 nitrogen and oxygen atoms in total. The van der Waals surface area contributed by atoms with Crippen LogP contribution in [0.3, 0.4) is 0 Å². The van der Waals surface area contributed by atoms with E-state index in [0.717, 1.165) is 0 Å². The Balaban J connectivity index is 2.47. The minimum absolute atomic E-state index is 0.218. The number of aromatic amines is 1. The Morgan fingerprint density at radius 1 is 1.29 bits per heavy atom. The molecule has 3 amide bonds. The number of hydrogen-bond donors (Lipinski definition) is 3. The molecule has 1 rings (SSSR count). The van der Waals surface area contributed by atoms with Gasteiger partial charge in [0.05, 0.1) is 0 Å². The van der Waals surface area contributed by atoms with Crippen molar-refractivity contribution in [1.29, 1.82) is 0 Å². The quantitative estimate of drug-likeness (QED) is 0.686. The summed E-state index contributed by atoms with van der Waals surface area (Å²) < 4.78 is 4.65.